The van der Waals surface area contributed by atoms with Crippen molar-refractivity contribution in [3.63, 3.8) is 0 Å². The Bertz CT molecular complexity index is 404. The molecule has 4 nitrogen and oxygen atoms in total. The van der Waals surface area contributed by atoms with Crippen LogP contribution in [0.5, 0.6) is 0 Å². The lowest BCUT2D eigenvalue weighted by Crippen LogP contribution is -2.25. The molecule has 0 saturated carbocycles. The Labute approximate surface area is 96.9 Å². The highest BCUT2D eigenvalue weighted by Gasteiger charge is 2.10. The SMILES string of the molecule is C=C(Br)CNC(=O)c1cc(C)nnc1C. The monoisotopic (exact) mass is 269 g/mol. The lowest BCUT2D eigenvalue weighted by molar-refractivity contribution is 0.0956. The van der Waals surface area contributed by atoms with Crippen molar-refractivity contribution in [3.05, 3.63) is 34.1 Å². The van der Waals surface area contributed by atoms with E-state index in [2.05, 4.69) is 38.0 Å². The van der Waals surface area contributed by atoms with E-state index in [-0.39, 0.29) is 5.91 Å². The molecule has 0 saturated heterocycles. The molecule has 0 aliphatic heterocycles. The highest BCUT2D eigenvalue weighted by Crippen LogP contribution is 2.05. The second-order valence-corrected chi connectivity index (χ2v) is 4.31. The number of nitrogens with one attached hydrogen (secondary N) is 1. The van der Waals surface area contributed by atoms with Crippen LogP contribution >= 0.6 is 15.9 Å². The van der Waals surface area contributed by atoms with E-state index >= 15 is 0 Å². The van der Waals surface area contributed by atoms with Crippen LogP contribution in [0.3, 0.4) is 0 Å². The highest BCUT2D eigenvalue weighted by molar-refractivity contribution is 9.11. The van der Waals surface area contributed by atoms with E-state index in [1.165, 1.54) is 0 Å². The van der Waals surface area contributed by atoms with Gasteiger partial charge in [-0.2, -0.15) is 10.2 Å². The minimum absolute atomic E-state index is 0.161. The number of carbonyl (C=O) groups is 1. The average Bonchev–Trinajstić information content (AvgIpc) is 2.18. The smallest absolute Gasteiger partial charge is 0.253 e. The van der Waals surface area contributed by atoms with Crippen molar-refractivity contribution >= 4 is 21.8 Å². The molecule has 1 heterocycles. The van der Waals surface area contributed by atoms with E-state index in [4.69, 9.17) is 0 Å². The Morgan fingerprint density at radius 3 is 2.80 bits per heavy atom. The maximum atomic E-state index is 11.7. The third kappa shape index (κ3) is 3.43. The molecule has 0 unspecified atom stereocenters. The van der Waals surface area contributed by atoms with Crippen molar-refractivity contribution in [1.82, 2.24) is 15.5 Å². The summed E-state index contributed by atoms with van der Waals surface area (Å²) in [5.41, 5.74) is 1.90. The summed E-state index contributed by atoms with van der Waals surface area (Å²) in [5, 5.41) is 10.5. The standard InChI is InChI=1S/C10H12BrN3O/c1-6(11)5-12-10(15)9-4-7(2)13-14-8(9)3/h4H,1,5H2,2-3H3,(H,12,15). The van der Waals surface area contributed by atoms with Gasteiger partial charge >= 0.3 is 0 Å². The Balaban J connectivity index is 2.81. The molecule has 0 atom stereocenters. The number of nitrogens with zero attached hydrogens (tertiary/aromatic N) is 2. The molecule has 0 aliphatic carbocycles. The first-order valence-corrected chi connectivity index (χ1v) is 5.22. The van der Waals surface area contributed by atoms with Crippen LogP contribution in [0.4, 0.5) is 0 Å². The quantitative estimate of drug-likeness (QED) is 0.910. The number of hydrogen-bond acceptors (Lipinski definition) is 3. The lowest BCUT2D eigenvalue weighted by Gasteiger charge is -2.06. The molecule has 1 aromatic heterocycles. The zero-order valence-corrected chi connectivity index (χ0v) is 10.3. The van der Waals surface area contributed by atoms with Crippen LogP contribution in [0.2, 0.25) is 0 Å². The van der Waals surface area contributed by atoms with Gasteiger partial charge in [0.05, 0.1) is 17.0 Å². The molecular weight excluding hydrogens is 258 g/mol. The number of aromatic nitrogens is 2. The molecule has 5 heteroatoms. The second kappa shape index (κ2) is 5.02. The van der Waals surface area contributed by atoms with Gasteiger partial charge in [-0.3, -0.25) is 4.79 Å². The Hall–Kier alpha value is -1.23. The summed E-state index contributed by atoms with van der Waals surface area (Å²) in [6.45, 7) is 7.59. The largest absolute Gasteiger partial charge is 0.347 e. The summed E-state index contributed by atoms with van der Waals surface area (Å²) in [4.78, 5) is 11.7. The number of rotatable bonds is 3. The highest BCUT2D eigenvalue weighted by atomic mass is 79.9. The van der Waals surface area contributed by atoms with Gasteiger partial charge in [0, 0.05) is 11.0 Å². The maximum Gasteiger partial charge on any atom is 0.253 e. The fourth-order valence-corrected chi connectivity index (χ4v) is 1.19. The molecule has 15 heavy (non-hydrogen) atoms. The van der Waals surface area contributed by atoms with Crippen molar-refractivity contribution in [3.8, 4) is 0 Å². The summed E-state index contributed by atoms with van der Waals surface area (Å²) in [6.07, 6.45) is 0. The normalized spacial score (nSPS) is 9.80. The zero-order valence-electron chi connectivity index (χ0n) is 8.67. The summed E-state index contributed by atoms with van der Waals surface area (Å²) in [6, 6.07) is 1.72. The van der Waals surface area contributed by atoms with E-state index in [1.54, 1.807) is 19.9 Å². The van der Waals surface area contributed by atoms with Crippen LogP contribution < -0.4 is 5.32 Å². The second-order valence-electron chi connectivity index (χ2n) is 3.18. The summed E-state index contributed by atoms with van der Waals surface area (Å²) in [5.74, 6) is -0.161. The van der Waals surface area contributed by atoms with Gasteiger partial charge in [0.2, 0.25) is 0 Å². The predicted molar refractivity (Wildman–Crippen MR) is 61.9 cm³/mol. The van der Waals surface area contributed by atoms with Crippen molar-refractivity contribution in [2.45, 2.75) is 13.8 Å². The van der Waals surface area contributed by atoms with Crippen LogP contribution in [0.1, 0.15) is 21.7 Å². The van der Waals surface area contributed by atoms with Crippen LogP contribution in [0.25, 0.3) is 0 Å². The van der Waals surface area contributed by atoms with Gasteiger partial charge in [0.1, 0.15) is 0 Å². The third-order valence-corrected chi connectivity index (χ3v) is 2.07. The molecule has 0 aliphatic rings. The van der Waals surface area contributed by atoms with Crippen LogP contribution in [0, 0.1) is 13.8 Å². The Morgan fingerprint density at radius 1 is 1.53 bits per heavy atom. The van der Waals surface area contributed by atoms with Crippen LogP contribution in [-0.4, -0.2) is 22.6 Å². The van der Waals surface area contributed by atoms with E-state index in [1.807, 2.05) is 0 Å². The van der Waals surface area contributed by atoms with E-state index in [9.17, 15) is 4.79 Å². The topological polar surface area (TPSA) is 54.9 Å². The van der Waals surface area contributed by atoms with E-state index in [0.717, 1.165) is 10.2 Å². The first kappa shape index (κ1) is 11.8. The number of halogens is 1. The van der Waals surface area contributed by atoms with Crippen LogP contribution in [-0.2, 0) is 0 Å². The van der Waals surface area contributed by atoms with E-state index in [0.29, 0.717) is 17.8 Å². The van der Waals surface area contributed by atoms with Crippen molar-refractivity contribution < 1.29 is 4.79 Å². The van der Waals surface area contributed by atoms with Crippen molar-refractivity contribution in [2.75, 3.05) is 6.54 Å². The van der Waals surface area contributed by atoms with Gasteiger partial charge in [-0.05, 0) is 19.9 Å². The minimum Gasteiger partial charge on any atom is -0.347 e. The van der Waals surface area contributed by atoms with Crippen molar-refractivity contribution in [2.24, 2.45) is 0 Å². The molecule has 0 radical (unpaired) electrons. The molecule has 0 aromatic carbocycles. The number of amides is 1. The molecule has 1 rings (SSSR count). The van der Waals surface area contributed by atoms with Gasteiger partial charge in [-0.1, -0.05) is 22.5 Å². The minimum atomic E-state index is -0.161. The zero-order chi connectivity index (χ0) is 11.4. The molecule has 1 N–H and O–H groups in total. The van der Waals surface area contributed by atoms with E-state index < -0.39 is 0 Å². The maximum absolute atomic E-state index is 11.7. The fourth-order valence-electron chi connectivity index (χ4n) is 1.05. The molecule has 0 spiro atoms. The number of aryl methyl sites for hydroxylation is 2. The molecule has 0 bridgehead atoms. The van der Waals surface area contributed by atoms with Gasteiger partial charge in [-0.25, -0.2) is 0 Å². The van der Waals surface area contributed by atoms with Gasteiger partial charge in [0.15, 0.2) is 0 Å². The van der Waals surface area contributed by atoms with Gasteiger partial charge < -0.3 is 5.32 Å². The predicted octanol–water partition coefficient (Wildman–Crippen LogP) is 1.73. The average molecular weight is 270 g/mol. The lowest BCUT2D eigenvalue weighted by atomic mass is 10.2. The molecule has 80 valence electrons. The third-order valence-electron chi connectivity index (χ3n) is 1.79. The number of carbonyl (C=O) groups excluding carboxylic acids is 1. The first-order chi connectivity index (χ1) is 7.00. The van der Waals surface area contributed by atoms with Crippen molar-refractivity contribution in [1.29, 1.82) is 0 Å². The summed E-state index contributed by atoms with van der Waals surface area (Å²) in [7, 11) is 0. The Kier molecular flexibility index (Phi) is 3.96. The summed E-state index contributed by atoms with van der Waals surface area (Å²) < 4.78 is 0.729. The summed E-state index contributed by atoms with van der Waals surface area (Å²) >= 11 is 3.17. The van der Waals surface area contributed by atoms with Gasteiger partial charge in [0.25, 0.3) is 5.91 Å². The molecule has 1 aromatic rings. The van der Waals surface area contributed by atoms with Gasteiger partial charge in [-0.15, -0.1) is 0 Å². The molecule has 0 fully saturated rings. The Morgan fingerprint density at radius 2 is 2.20 bits per heavy atom. The first-order valence-electron chi connectivity index (χ1n) is 4.43. The molecular formula is C10H12BrN3O. The fraction of sp³-hybridized carbons (Fsp3) is 0.300. The number of hydrogen-bond donors (Lipinski definition) is 1. The van der Waals surface area contributed by atoms with Crippen LogP contribution in [0.15, 0.2) is 17.1 Å². The molecule has 1 amide bonds.